The van der Waals surface area contributed by atoms with Crippen molar-refractivity contribution in [3.63, 3.8) is 0 Å². The molecule has 0 aromatic heterocycles. The number of hydrogen-bond donors (Lipinski definition) is 0. The zero-order valence-electron chi connectivity index (χ0n) is 12.9. The summed E-state index contributed by atoms with van der Waals surface area (Å²) in [6, 6.07) is 0. The van der Waals surface area contributed by atoms with Crippen LogP contribution in [-0.2, 0) is 0 Å². The second kappa shape index (κ2) is 6.83. The van der Waals surface area contributed by atoms with E-state index in [0.29, 0.717) is 5.41 Å². The molecule has 0 radical (unpaired) electrons. The average molecular weight is 312 g/mol. The molecule has 0 heterocycles. The van der Waals surface area contributed by atoms with E-state index in [9.17, 15) is 0 Å². The molecule has 0 amide bonds. The Morgan fingerprint density at radius 3 is 1.44 bits per heavy atom. The van der Waals surface area contributed by atoms with Gasteiger partial charge in [-0.2, -0.15) is 0 Å². The predicted molar refractivity (Wildman–Crippen MR) is 83.7 cm³/mol. The van der Waals surface area contributed by atoms with Crippen LogP contribution in [0.15, 0.2) is 0 Å². The quantitative estimate of drug-likeness (QED) is 0.545. The fraction of sp³-hybridized carbons (Fsp3) is 1.00. The van der Waals surface area contributed by atoms with Crippen molar-refractivity contribution in [2.75, 3.05) is 0 Å². The van der Waals surface area contributed by atoms with Gasteiger partial charge in [0.15, 0.2) is 0 Å². The normalized spacial score (nSPS) is 24.7. The molecule has 0 N–H and O–H groups in total. The maximum absolute atomic E-state index is 2.49. The van der Waals surface area contributed by atoms with Crippen molar-refractivity contribution in [1.29, 1.82) is 0 Å². The Balaban J connectivity index is 2.00. The Labute approximate surface area is 120 Å². The molecule has 0 bridgehead atoms. The van der Waals surface area contributed by atoms with Crippen molar-refractivity contribution >= 4 is 14.7 Å². The molecule has 1 heteroatoms. The van der Waals surface area contributed by atoms with Crippen molar-refractivity contribution in [3.05, 3.63) is 0 Å². The van der Waals surface area contributed by atoms with Crippen LogP contribution in [0.5, 0.6) is 0 Å². The molecule has 0 saturated heterocycles. The number of rotatable bonds is 3. The fourth-order valence-electron chi connectivity index (χ4n) is 3.93. The van der Waals surface area contributed by atoms with Gasteiger partial charge in [-0.05, 0) is 0 Å². The standard InChI is InChI=1S/C17H33As/c1-17(2,3)14-18(15-10-6-4-7-11-15)16-12-8-5-9-13-16/h15-16H,4-14H2,1-3H3. The van der Waals surface area contributed by atoms with Gasteiger partial charge >= 0.3 is 120 Å². The van der Waals surface area contributed by atoms with E-state index in [4.69, 9.17) is 0 Å². The van der Waals surface area contributed by atoms with Crippen molar-refractivity contribution in [2.24, 2.45) is 5.41 Å². The third-order valence-electron chi connectivity index (χ3n) is 4.74. The van der Waals surface area contributed by atoms with Crippen LogP contribution < -0.4 is 0 Å². The summed E-state index contributed by atoms with van der Waals surface area (Å²) in [4.78, 5) is 0. The summed E-state index contributed by atoms with van der Waals surface area (Å²) in [5, 5.41) is 1.62. The average Bonchev–Trinajstić information content (AvgIpc) is 2.37. The third-order valence-corrected chi connectivity index (χ3v) is 13.6. The minimum atomic E-state index is -0.600. The van der Waals surface area contributed by atoms with E-state index in [0.717, 1.165) is 0 Å². The summed E-state index contributed by atoms with van der Waals surface area (Å²) in [6.45, 7) is 7.46. The van der Waals surface area contributed by atoms with Gasteiger partial charge in [0.2, 0.25) is 0 Å². The van der Waals surface area contributed by atoms with Crippen LogP contribution in [0.4, 0.5) is 0 Å². The first-order valence-electron chi connectivity index (χ1n) is 8.32. The summed E-state index contributed by atoms with van der Waals surface area (Å²) in [6.07, 6.45) is 15.7. The van der Waals surface area contributed by atoms with Crippen LogP contribution in [-0.4, -0.2) is 14.7 Å². The molecule has 0 spiro atoms. The molecule has 2 aliphatic rings. The van der Waals surface area contributed by atoms with Gasteiger partial charge in [0.05, 0.1) is 0 Å². The van der Waals surface area contributed by atoms with Crippen LogP contribution in [0.3, 0.4) is 0 Å². The Bertz CT molecular complexity index is 210. The van der Waals surface area contributed by atoms with Crippen LogP contribution in [0.1, 0.15) is 85.0 Å². The molecule has 0 atom stereocenters. The van der Waals surface area contributed by atoms with Gasteiger partial charge in [-0.1, -0.05) is 0 Å². The molecule has 18 heavy (non-hydrogen) atoms. The van der Waals surface area contributed by atoms with Gasteiger partial charge in [0, 0.05) is 0 Å². The zero-order valence-corrected chi connectivity index (χ0v) is 14.8. The summed E-state index contributed by atoms with van der Waals surface area (Å²) >= 11 is -0.600. The maximum atomic E-state index is 2.49. The molecule has 2 saturated carbocycles. The minimum absolute atomic E-state index is 0.592. The molecule has 2 rings (SSSR count). The fourth-order valence-corrected chi connectivity index (χ4v) is 12.9. The van der Waals surface area contributed by atoms with Crippen molar-refractivity contribution in [2.45, 2.75) is 99.6 Å². The Kier molecular flexibility index (Phi) is 5.67. The summed E-state index contributed by atoms with van der Waals surface area (Å²) < 4.78 is 2.43. The summed E-state index contributed by atoms with van der Waals surface area (Å²) in [7, 11) is 0. The van der Waals surface area contributed by atoms with Gasteiger partial charge in [0.1, 0.15) is 0 Å². The molecule has 0 unspecified atom stereocenters. The van der Waals surface area contributed by atoms with Crippen molar-refractivity contribution in [3.8, 4) is 0 Å². The van der Waals surface area contributed by atoms with E-state index in [1.54, 1.807) is 56.6 Å². The van der Waals surface area contributed by atoms with E-state index in [-0.39, 0.29) is 0 Å². The van der Waals surface area contributed by atoms with Gasteiger partial charge in [-0.25, -0.2) is 0 Å². The second-order valence-electron chi connectivity index (χ2n) is 7.82. The Hall–Kier alpha value is 0.558. The molecule has 106 valence electrons. The van der Waals surface area contributed by atoms with E-state index >= 15 is 0 Å². The molecular formula is C17H33As. The molecule has 0 aliphatic heterocycles. The number of hydrogen-bond acceptors (Lipinski definition) is 0. The van der Waals surface area contributed by atoms with Crippen LogP contribution in [0.2, 0.25) is 14.6 Å². The van der Waals surface area contributed by atoms with Gasteiger partial charge in [-0.3, -0.25) is 0 Å². The van der Waals surface area contributed by atoms with Crippen LogP contribution >= 0.6 is 0 Å². The molecular weight excluding hydrogens is 279 g/mol. The summed E-state index contributed by atoms with van der Waals surface area (Å²) in [5.41, 5.74) is 0.592. The van der Waals surface area contributed by atoms with Crippen molar-refractivity contribution in [1.82, 2.24) is 0 Å². The SMILES string of the molecule is CC(C)(C)C[As](C1CCCCC1)C1CCCCC1. The van der Waals surface area contributed by atoms with Crippen LogP contribution in [0, 0.1) is 5.41 Å². The van der Waals surface area contributed by atoms with Gasteiger partial charge in [-0.15, -0.1) is 0 Å². The van der Waals surface area contributed by atoms with Gasteiger partial charge < -0.3 is 0 Å². The van der Waals surface area contributed by atoms with E-state index < -0.39 is 14.7 Å². The zero-order chi connectivity index (χ0) is 13.0. The first kappa shape index (κ1) is 15.0. The molecule has 2 fully saturated rings. The van der Waals surface area contributed by atoms with Gasteiger partial charge in [0.25, 0.3) is 0 Å². The monoisotopic (exact) mass is 312 g/mol. The topological polar surface area (TPSA) is 0 Å². The summed E-state index contributed by atoms with van der Waals surface area (Å²) in [5.74, 6) is 0. The van der Waals surface area contributed by atoms with E-state index in [1.807, 2.05) is 0 Å². The second-order valence-corrected chi connectivity index (χ2v) is 13.7. The Morgan fingerprint density at radius 1 is 0.722 bits per heavy atom. The molecule has 0 nitrogen and oxygen atoms in total. The predicted octanol–water partition coefficient (Wildman–Crippen LogP) is 6.20. The van der Waals surface area contributed by atoms with Crippen LogP contribution in [0.25, 0.3) is 0 Å². The Morgan fingerprint density at radius 2 is 1.11 bits per heavy atom. The molecule has 2 aliphatic carbocycles. The third kappa shape index (κ3) is 4.59. The van der Waals surface area contributed by atoms with E-state index in [1.165, 1.54) is 22.3 Å². The van der Waals surface area contributed by atoms with Crippen molar-refractivity contribution < 1.29 is 0 Å². The first-order chi connectivity index (χ1) is 8.56. The van der Waals surface area contributed by atoms with E-state index in [2.05, 4.69) is 20.8 Å². The first-order valence-corrected chi connectivity index (χ1v) is 11.8. The molecule has 0 aromatic carbocycles. The molecule has 0 aromatic rings.